The van der Waals surface area contributed by atoms with E-state index in [0.29, 0.717) is 32.8 Å². The van der Waals surface area contributed by atoms with Crippen LogP contribution < -0.4 is 5.63 Å². The first kappa shape index (κ1) is 19.7. The van der Waals surface area contributed by atoms with E-state index in [1.54, 1.807) is 24.3 Å². The Morgan fingerprint density at radius 1 is 0.767 bits per heavy atom. The molecule has 0 saturated heterocycles. The van der Waals surface area contributed by atoms with Gasteiger partial charge in [-0.25, -0.2) is 9.59 Å². The number of esters is 1. The summed E-state index contributed by atoms with van der Waals surface area (Å²) >= 11 is 6.01. The van der Waals surface area contributed by atoms with Gasteiger partial charge in [0.25, 0.3) is 0 Å². The van der Waals surface area contributed by atoms with Crippen molar-refractivity contribution in [1.29, 1.82) is 0 Å². The van der Waals surface area contributed by atoms with Crippen LogP contribution >= 0.6 is 11.6 Å². The summed E-state index contributed by atoms with van der Waals surface area (Å²) in [4.78, 5) is 26.1. The Balaban J connectivity index is 2.15. The minimum atomic E-state index is -0.597. The standard InChI is InChI=1S/C25H17ClO4/c1-29-24(27)22-20(16-8-4-2-5-9-16)21(17-10-6-3-7-11-17)25(28)30-23(22)18-12-14-19(26)15-13-18/h2-15H,1H3. The van der Waals surface area contributed by atoms with Gasteiger partial charge in [-0.15, -0.1) is 0 Å². The van der Waals surface area contributed by atoms with E-state index in [4.69, 9.17) is 20.8 Å². The molecule has 148 valence electrons. The summed E-state index contributed by atoms with van der Waals surface area (Å²) < 4.78 is 10.8. The number of benzene rings is 3. The molecule has 0 unspecified atom stereocenters. The van der Waals surface area contributed by atoms with Gasteiger partial charge in [-0.3, -0.25) is 0 Å². The van der Waals surface area contributed by atoms with Crippen molar-refractivity contribution >= 4 is 17.6 Å². The van der Waals surface area contributed by atoms with Gasteiger partial charge < -0.3 is 9.15 Å². The molecule has 0 N–H and O–H groups in total. The second-order valence-corrected chi connectivity index (χ2v) is 7.01. The van der Waals surface area contributed by atoms with E-state index in [1.165, 1.54) is 7.11 Å². The predicted octanol–water partition coefficient (Wildman–Crippen LogP) is 6.08. The van der Waals surface area contributed by atoms with E-state index < -0.39 is 11.6 Å². The quantitative estimate of drug-likeness (QED) is 0.378. The normalized spacial score (nSPS) is 10.6. The van der Waals surface area contributed by atoms with Crippen molar-refractivity contribution in [3.63, 3.8) is 0 Å². The lowest BCUT2D eigenvalue weighted by Gasteiger charge is -2.16. The van der Waals surface area contributed by atoms with Crippen molar-refractivity contribution < 1.29 is 13.9 Å². The fourth-order valence-electron chi connectivity index (χ4n) is 3.40. The number of hydrogen-bond donors (Lipinski definition) is 0. The van der Waals surface area contributed by atoms with Crippen LogP contribution in [0.15, 0.2) is 94.1 Å². The topological polar surface area (TPSA) is 56.5 Å². The smallest absolute Gasteiger partial charge is 0.344 e. The molecule has 0 aliphatic carbocycles. The summed E-state index contributed by atoms with van der Waals surface area (Å²) in [5.74, 6) is -0.457. The zero-order valence-electron chi connectivity index (χ0n) is 16.1. The molecule has 3 aromatic carbocycles. The zero-order valence-corrected chi connectivity index (χ0v) is 16.8. The van der Waals surface area contributed by atoms with Gasteiger partial charge in [-0.05, 0) is 35.4 Å². The molecule has 0 radical (unpaired) electrons. The van der Waals surface area contributed by atoms with Crippen LogP contribution in [0.1, 0.15) is 10.4 Å². The number of hydrogen-bond acceptors (Lipinski definition) is 4. The van der Waals surface area contributed by atoms with Crippen LogP contribution in [0, 0.1) is 0 Å². The van der Waals surface area contributed by atoms with Crippen molar-refractivity contribution in [2.75, 3.05) is 7.11 Å². The minimum absolute atomic E-state index is 0.141. The molecule has 0 fully saturated rings. The van der Waals surface area contributed by atoms with E-state index in [-0.39, 0.29) is 11.3 Å². The summed E-state index contributed by atoms with van der Waals surface area (Å²) in [6, 6.07) is 25.1. The van der Waals surface area contributed by atoms with Crippen LogP contribution in [-0.2, 0) is 4.74 Å². The maximum absolute atomic E-state index is 13.2. The maximum atomic E-state index is 13.2. The van der Waals surface area contributed by atoms with Crippen LogP contribution in [0.5, 0.6) is 0 Å². The highest BCUT2D eigenvalue weighted by Crippen LogP contribution is 2.38. The third-order valence-corrected chi connectivity index (χ3v) is 5.00. The third-order valence-electron chi connectivity index (χ3n) is 4.75. The molecule has 4 nitrogen and oxygen atoms in total. The molecular formula is C25H17ClO4. The maximum Gasteiger partial charge on any atom is 0.344 e. The van der Waals surface area contributed by atoms with Crippen molar-refractivity contribution in [2.45, 2.75) is 0 Å². The monoisotopic (exact) mass is 416 g/mol. The highest BCUT2D eigenvalue weighted by Gasteiger charge is 2.28. The van der Waals surface area contributed by atoms with Crippen LogP contribution in [-0.4, -0.2) is 13.1 Å². The summed E-state index contributed by atoms with van der Waals surface area (Å²) in [6.07, 6.45) is 0. The number of rotatable bonds is 4. The zero-order chi connectivity index (χ0) is 21.1. The Hall–Kier alpha value is -3.63. The summed E-state index contributed by atoms with van der Waals surface area (Å²) in [6.45, 7) is 0. The van der Waals surface area contributed by atoms with Crippen molar-refractivity contribution in [3.05, 3.63) is 106 Å². The molecular weight excluding hydrogens is 400 g/mol. The SMILES string of the molecule is COC(=O)c1c(-c2ccc(Cl)cc2)oc(=O)c(-c2ccccc2)c1-c1ccccc1. The van der Waals surface area contributed by atoms with E-state index in [1.807, 2.05) is 60.7 Å². The van der Waals surface area contributed by atoms with Crippen molar-refractivity contribution in [1.82, 2.24) is 0 Å². The van der Waals surface area contributed by atoms with Crippen LogP contribution in [0.3, 0.4) is 0 Å². The first-order chi connectivity index (χ1) is 14.6. The largest absolute Gasteiger partial charge is 0.465 e. The summed E-state index contributed by atoms with van der Waals surface area (Å²) in [5, 5.41) is 0.532. The summed E-state index contributed by atoms with van der Waals surface area (Å²) in [5.41, 5.74) is 2.32. The Morgan fingerprint density at radius 2 is 1.30 bits per heavy atom. The molecule has 0 atom stereocenters. The van der Waals surface area contributed by atoms with Gasteiger partial charge in [-0.2, -0.15) is 0 Å². The lowest BCUT2D eigenvalue weighted by atomic mass is 9.90. The van der Waals surface area contributed by atoms with Gasteiger partial charge in [0, 0.05) is 16.1 Å². The van der Waals surface area contributed by atoms with Gasteiger partial charge in [0.15, 0.2) is 5.76 Å². The van der Waals surface area contributed by atoms with E-state index in [2.05, 4.69) is 0 Å². The lowest BCUT2D eigenvalue weighted by Crippen LogP contribution is -2.14. The van der Waals surface area contributed by atoms with Gasteiger partial charge >= 0.3 is 11.6 Å². The number of methoxy groups -OCH3 is 1. The van der Waals surface area contributed by atoms with Crippen molar-refractivity contribution in [3.8, 4) is 33.6 Å². The van der Waals surface area contributed by atoms with Gasteiger partial charge in [-0.1, -0.05) is 72.3 Å². The fourth-order valence-corrected chi connectivity index (χ4v) is 3.52. The number of carbonyl (C=O) groups excluding carboxylic acids is 1. The molecule has 30 heavy (non-hydrogen) atoms. The predicted molar refractivity (Wildman–Crippen MR) is 118 cm³/mol. The van der Waals surface area contributed by atoms with Crippen LogP contribution in [0.4, 0.5) is 0 Å². The number of carbonyl (C=O) groups is 1. The fraction of sp³-hybridized carbons (Fsp3) is 0.0400. The highest BCUT2D eigenvalue weighted by atomic mass is 35.5. The lowest BCUT2D eigenvalue weighted by molar-refractivity contribution is 0.0600. The molecule has 1 aromatic heterocycles. The first-order valence-corrected chi connectivity index (χ1v) is 9.64. The Kier molecular flexibility index (Phi) is 5.50. The Morgan fingerprint density at radius 3 is 1.83 bits per heavy atom. The number of ether oxygens (including phenoxy) is 1. The van der Waals surface area contributed by atoms with E-state index in [9.17, 15) is 9.59 Å². The molecule has 5 heteroatoms. The van der Waals surface area contributed by atoms with E-state index in [0.717, 1.165) is 0 Å². The van der Waals surface area contributed by atoms with Crippen LogP contribution in [0.25, 0.3) is 33.6 Å². The Labute approximate surface area is 178 Å². The molecule has 0 bridgehead atoms. The molecule has 0 spiro atoms. The highest BCUT2D eigenvalue weighted by molar-refractivity contribution is 6.30. The molecule has 4 aromatic rings. The molecule has 0 saturated carbocycles. The average Bonchev–Trinajstić information content (AvgIpc) is 2.79. The molecule has 0 aliphatic rings. The Bertz CT molecular complexity index is 1240. The second kappa shape index (κ2) is 8.39. The molecule has 0 amide bonds. The van der Waals surface area contributed by atoms with Crippen LogP contribution in [0.2, 0.25) is 5.02 Å². The first-order valence-electron chi connectivity index (χ1n) is 9.26. The minimum Gasteiger partial charge on any atom is -0.465 e. The van der Waals surface area contributed by atoms with Gasteiger partial charge in [0.05, 0.1) is 12.7 Å². The van der Waals surface area contributed by atoms with Gasteiger partial charge in [0.1, 0.15) is 5.56 Å². The molecule has 4 rings (SSSR count). The number of halogens is 1. The second-order valence-electron chi connectivity index (χ2n) is 6.57. The average molecular weight is 417 g/mol. The molecule has 0 aliphatic heterocycles. The van der Waals surface area contributed by atoms with Gasteiger partial charge in [0.2, 0.25) is 0 Å². The van der Waals surface area contributed by atoms with E-state index >= 15 is 0 Å². The molecule has 1 heterocycles. The van der Waals surface area contributed by atoms with Crippen molar-refractivity contribution in [2.24, 2.45) is 0 Å². The summed E-state index contributed by atoms with van der Waals surface area (Å²) in [7, 11) is 1.30. The third kappa shape index (κ3) is 3.65.